The van der Waals surface area contributed by atoms with E-state index in [-0.39, 0.29) is 11.9 Å². The van der Waals surface area contributed by atoms with E-state index in [1.54, 1.807) is 11.8 Å². The number of nitrogens with zero attached hydrogens (tertiary/aromatic N) is 1. The van der Waals surface area contributed by atoms with Crippen LogP contribution in [-0.2, 0) is 4.79 Å². The number of hydrogen-bond donors (Lipinski definition) is 4. The third kappa shape index (κ3) is 5.86. The van der Waals surface area contributed by atoms with Crippen LogP contribution in [0.4, 0.5) is 5.69 Å². The van der Waals surface area contributed by atoms with Gasteiger partial charge in [-0.25, -0.2) is 0 Å². The summed E-state index contributed by atoms with van der Waals surface area (Å²) in [6.07, 6.45) is 5.76. The first-order chi connectivity index (χ1) is 12.5. The number of piperidine rings is 1. The van der Waals surface area contributed by atoms with Crippen molar-refractivity contribution in [2.24, 2.45) is 5.73 Å². The van der Waals surface area contributed by atoms with Crippen LogP contribution in [0.5, 0.6) is 0 Å². The molecule has 1 aromatic carbocycles. The van der Waals surface area contributed by atoms with Gasteiger partial charge < -0.3 is 26.7 Å². The van der Waals surface area contributed by atoms with E-state index >= 15 is 0 Å². The smallest absolute Gasteiger partial charge is 0.241 e. The monoisotopic (exact) mass is 375 g/mol. The zero-order valence-corrected chi connectivity index (χ0v) is 16.4. The highest BCUT2D eigenvalue weighted by Crippen LogP contribution is 2.30. The Balaban J connectivity index is 2.18. The van der Waals surface area contributed by atoms with Gasteiger partial charge in [0.15, 0.2) is 0 Å². The minimum absolute atomic E-state index is 0.0218. The van der Waals surface area contributed by atoms with E-state index < -0.39 is 0 Å². The van der Waals surface area contributed by atoms with Crippen molar-refractivity contribution in [1.82, 2.24) is 10.2 Å². The highest BCUT2D eigenvalue weighted by molar-refractivity contribution is 7.99. The average molecular weight is 376 g/mol. The number of anilines is 1. The van der Waals surface area contributed by atoms with E-state index in [0.717, 1.165) is 54.3 Å². The van der Waals surface area contributed by atoms with E-state index in [9.17, 15) is 4.79 Å². The Kier molecular flexibility index (Phi) is 8.15. The van der Waals surface area contributed by atoms with Crippen molar-refractivity contribution in [3.05, 3.63) is 30.0 Å². The summed E-state index contributed by atoms with van der Waals surface area (Å²) < 4.78 is 0. The van der Waals surface area contributed by atoms with Gasteiger partial charge in [0.25, 0.3) is 0 Å². The molecule has 0 radical (unpaired) electrons. The Morgan fingerprint density at radius 1 is 1.46 bits per heavy atom. The molecule has 26 heavy (non-hydrogen) atoms. The lowest BCUT2D eigenvalue weighted by molar-refractivity contribution is -0.118. The van der Waals surface area contributed by atoms with Gasteiger partial charge >= 0.3 is 0 Å². The first-order valence-corrected chi connectivity index (χ1v) is 9.92. The van der Waals surface area contributed by atoms with E-state index in [1.807, 2.05) is 32.3 Å². The number of rotatable bonds is 8. The van der Waals surface area contributed by atoms with Crippen molar-refractivity contribution in [2.45, 2.75) is 30.2 Å². The predicted molar refractivity (Wildman–Crippen MR) is 111 cm³/mol. The number of carbonyl (C=O) groups excluding carboxylic acids is 1. The van der Waals surface area contributed by atoms with Crippen LogP contribution < -0.4 is 16.4 Å². The van der Waals surface area contributed by atoms with Crippen LogP contribution in [0, 0.1) is 5.41 Å². The van der Waals surface area contributed by atoms with Crippen molar-refractivity contribution in [3.8, 4) is 0 Å². The van der Waals surface area contributed by atoms with Crippen molar-refractivity contribution < 1.29 is 4.79 Å². The number of thioether (sulfide) groups is 1. The fraction of sp³-hybridized carbons (Fsp3) is 0.474. The van der Waals surface area contributed by atoms with Crippen LogP contribution in [0.2, 0.25) is 0 Å². The first kappa shape index (κ1) is 20.5. The van der Waals surface area contributed by atoms with Crippen LogP contribution in [-0.4, -0.2) is 56.0 Å². The zero-order valence-electron chi connectivity index (χ0n) is 15.5. The Morgan fingerprint density at radius 3 is 2.88 bits per heavy atom. The number of carbonyl (C=O) groups is 1. The van der Waals surface area contributed by atoms with E-state index in [0.29, 0.717) is 5.57 Å². The fourth-order valence-corrected chi connectivity index (χ4v) is 3.95. The number of benzene rings is 1. The molecular formula is C19H29N5OS. The van der Waals surface area contributed by atoms with Gasteiger partial charge in [0.2, 0.25) is 5.91 Å². The third-order valence-electron chi connectivity index (χ3n) is 4.33. The maximum atomic E-state index is 12.6. The minimum atomic E-state index is -0.121. The summed E-state index contributed by atoms with van der Waals surface area (Å²) in [5.74, 6) is 0.932. The largest absolute Gasteiger partial charge is 0.404 e. The standard InChI is InChI=1S/C19H29N5OS/c1-24(2)9-10-26-18-11-14(15(12-20)13-21)6-7-16(18)23-19(25)17-5-3-4-8-22-17/h6-7,11-13,17,20,22H,3-5,8-10,21H2,1-2H3,(H,23,25)/b15-13+,20-12?. The molecule has 1 aliphatic rings. The van der Waals surface area contributed by atoms with Gasteiger partial charge in [0.05, 0.1) is 11.7 Å². The SMILES string of the molecule is CN(C)CCSc1cc(/C(C=N)=C/N)ccc1NC(=O)C1CCCCN1. The van der Waals surface area contributed by atoms with Gasteiger partial charge in [0, 0.05) is 35.2 Å². The molecule has 0 saturated carbocycles. The molecule has 0 spiro atoms. The molecule has 1 heterocycles. The summed E-state index contributed by atoms with van der Waals surface area (Å²) in [5.41, 5.74) is 7.97. The lowest BCUT2D eigenvalue weighted by Crippen LogP contribution is -2.43. The normalized spacial score (nSPS) is 18.0. The van der Waals surface area contributed by atoms with E-state index in [1.165, 1.54) is 12.4 Å². The molecule has 1 unspecified atom stereocenters. The van der Waals surface area contributed by atoms with E-state index in [4.69, 9.17) is 11.1 Å². The molecule has 0 aromatic heterocycles. The highest BCUT2D eigenvalue weighted by Gasteiger charge is 2.21. The molecule has 142 valence electrons. The Labute approximate surface area is 160 Å². The number of amides is 1. The highest BCUT2D eigenvalue weighted by atomic mass is 32.2. The molecule has 2 rings (SSSR count). The molecule has 1 amide bonds. The van der Waals surface area contributed by atoms with Gasteiger partial charge in [-0.2, -0.15) is 0 Å². The molecule has 5 N–H and O–H groups in total. The van der Waals surface area contributed by atoms with Crippen LogP contribution in [0.25, 0.3) is 5.57 Å². The Hall–Kier alpha value is -1.83. The third-order valence-corrected chi connectivity index (χ3v) is 5.37. The van der Waals surface area contributed by atoms with Gasteiger partial charge in [-0.3, -0.25) is 4.79 Å². The molecule has 7 heteroatoms. The number of nitrogens with two attached hydrogens (primary N) is 1. The summed E-state index contributed by atoms with van der Waals surface area (Å²) in [4.78, 5) is 15.7. The molecular weight excluding hydrogens is 346 g/mol. The predicted octanol–water partition coefficient (Wildman–Crippen LogP) is 2.37. The maximum absolute atomic E-state index is 12.6. The summed E-state index contributed by atoms with van der Waals surface area (Å²) in [5, 5.41) is 13.9. The summed E-state index contributed by atoms with van der Waals surface area (Å²) in [6.45, 7) is 1.84. The van der Waals surface area contributed by atoms with Crippen molar-refractivity contribution >= 4 is 35.1 Å². The number of hydrogen-bond acceptors (Lipinski definition) is 6. The number of allylic oxidation sites excluding steroid dienone is 1. The van der Waals surface area contributed by atoms with Crippen molar-refractivity contribution in [1.29, 1.82) is 5.41 Å². The molecule has 1 aromatic rings. The van der Waals surface area contributed by atoms with Gasteiger partial charge in [-0.05, 0) is 51.2 Å². The topological polar surface area (TPSA) is 94.2 Å². The molecule has 6 nitrogen and oxygen atoms in total. The van der Waals surface area contributed by atoms with E-state index in [2.05, 4.69) is 15.5 Å². The molecule has 0 aliphatic carbocycles. The fourth-order valence-electron chi connectivity index (χ4n) is 2.79. The molecule has 1 aliphatic heterocycles. The quantitative estimate of drug-likeness (QED) is 0.413. The molecule has 0 bridgehead atoms. The second kappa shape index (κ2) is 10.4. The van der Waals surface area contributed by atoms with Gasteiger partial charge in [0.1, 0.15) is 0 Å². The van der Waals surface area contributed by atoms with Crippen LogP contribution in [0.3, 0.4) is 0 Å². The number of nitrogens with one attached hydrogen (secondary N) is 3. The second-order valence-corrected chi connectivity index (χ2v) is 7.76. The van der Waals surface area contributed by atoms with Crippen LogP contribution >= 0.6 is 11.8 Å². The molecule has 1 atom stereocenters. The lowest BCUT2D eigenvalue weighted by atomic mass is 10.0. The first-order valence-electron chi connectivity index (χ1n) is 8.93. The van der Waals surface area contributed by atoms with Crippen molar-refractivity contribution in [2.75, 3.05) is 38.3 Å². The van der Waals surface area contributed by atoms with Crippen LogP contribution in [0.15, 0.2) is 29.3 Å². The second-order valence-electron chi connectivity index (χ2n) is 6.62. The molecule has 1 fully saturated rings. The molecule has 1 saturated heterocycles. The Bertz CT molecular complexity index is 653. The van der Waals surface area contributed by atoms with Crippen molar-refractivity contribution in [3.63, 3.8) is 0 Å². The maximum Gasteiger partial charge on any atom is 0.241 e. The van der Waals surface area contributed by atoms with Gasteiger partial charge in [-0.15, -0.1) is 11.8 Å². The Morgan fingerprint density at radius 2 is 2.27 bits per heavy atom. The lowest BCUT2D eigenvalue weighted by Gasteiger charge is -2.23. The van der Waals surface area contributed by atoms with Crippen LogP contribution in [0.1, 0.15) is 24.8 Å². The zero-order chi connectivity index (χ0) is 18.9. The minimum Gasteiger partial charge on any atom is -0.404 e. The average Bonchev–Trinajstić information content (AvgIpc) is 2.65. The summed E-state index contributed by atoms with van der Waals surface area (Å²) in [7, 11) is 4.08. The van der Waals surface area contributed by atoms with Gasteiger partial charge in [-0.1, -0.05) is 12.5 Å². The summed E-state index contributed by atoms with van der Waals surface area (Å²) >= 11 is 1.70. The summed E-state index contributed by atoms with van der Waals surface area (Å²) in [6, 6.07) is 5.67.